The van der Waals surface area contributed by atoms with Crippen molar-refractivity contribution < 1.29 is 9.84 Å². The lowest BCUT2D eigenvalue weighted by molar-refractivity contribution is 0.0339. The predicted molar refractivity (Wildman–Crippen MR) is 79.0 cm³/mol. The Hall–Kier alpha value is -1.63. The molecule has 0 bridgehead atoms. The van der Waals surface area contributed by atoms with Crippen LogP contribution in [0.25, 0.3) is 5.65 Å². The number of pyridine rings is 1. The molecule has 3 heterocycles. The van der Waals surface area contributed by atoms with Crippen LogP contribution in [0.4, 0.5) is 0 Å². The van der Waals surface area contributed by atoms with Crippen molar-refractivity contribution in [1.82, 2.24) is 14.3 Å². The molecule has 7 heteroatoms. The maximum Gasteiger partial charge on any atom is 0.277 e. The van der Waals surface area contributed by atoms with E-state index in [0.29, 0.717) is 25.5 Å². The number of hydrogen-bond donors (Lipinski definition) is 1. The molecule has 0 aromatic carbocycles. The number of aromatic hydroxyl groups is 1. The summed E-state index contributed by atoms with van der Waals surface area (Å²) in [5.74, 6) is 0.0286. The Morgan fingerprint density at radius 1 is 1.43 bits per heavy atom. The van der Waals surface area contributed by atoms with Crippen molar-refractivity contribution in [2.24, 2.45) is 0 Å². The third kappa shape index (κ3) is 2.62. The first-order valence-electron chi connectivity index (χ1n) is 6.77. The highest BCUT2D eigenvalue weighted by Gasteiger charge is 2.16. The molecule has 1 aliphatic rings. The molecule has 3 rings (SSSR count). The molecule has 0 aliphatic carbocycles. The topological polar surface area (TPSA) is 67.1 Å². The maximum atomic E-state index is 12.1. The van der Waals surface area contributed by atoms with Gasteiger partial charge in [-0.15, -0.1) is 0 Å². The van der Waals surface area contributed by atoms with Crippen LogP contribution in [0.3, 0.4) is 0 Å². The van der Waals surface area contributed by atoms with E-state index in [1.807, 2.05) is 0 Å². The summed E-state index contributed by atoms with van der Waals surface area (Å²) in [7, 11) is 0. The number of fused-ring (bicyclic) bond motifs is 1. The second kappa shape index (κ2) is 5.63. The first kappa shape index (κ1) is 14.3. The van der Waals surface area contributed by atoms with Crippen molar-refractivity contribution in [1.29, 1.82) is 0 Å². The van der Waals surface area contributed by atoms with Crippen LogP contribution >= 0.6 is 11.6 Å². The van der Waals surface area contributed by atoms with E-state index in [9.17, 15) is 9.90 Å². The third-order valence-corrected chi connectivity index (χ3v) is 4.10. The smallest absolute Gasteiger partial charge is 0.277 e. The van der Waals surface area contributed by atoms with Crippen LogP contribution in [0.5, 0.6) is 5.75 Å². The fraction of sp³-hybridized carbons (Fsp3) is 0.429. The van der Waals surface area contributed by atoms with Gasteiger partial charge in [-0.25, -0.2) is 4.98 Å². The number of ether oxygens (including phenoxy) is 1. The molecular weight excluding hydrogens is 294 g/mol. The lowest BCUT2D eigenvalue weighted by atomic mass is 10.2. The summed E-state index contributed by atoms with van der Waals surface area (Å²) in [5, 5.41) is 10.5. The third-order valence-electron chi connectivity index (χ3n) is 3.66. The van der Waals surface area contributed by atoms with Crippen LogP contribution in [0, 0.1) is 6.92 Å². The van der Waals surface area contributed by atoms with Gasteiger partial charge in [0.15, 0.2) is 11.4 Å². The minimum absolute atomic E-state index is 0.0286. The van der Waals surface area contributed by atoms with Gasteiger partial charge in [-0.2, -0.15) is 0 Å². The number of nitrogens with zero attached hydrogens (tertiary/aromatic N) is 3. The Morgan fingerprint density at radius 2 is 2.14 bits per heavy atom. The lowest BCUT2D eigenvalue weighted by Crippen LogP contribution is -2.35. The van der Waals surface area contributed by atoms with E-state index in [1.165, 1.54) is 4.40 Å². The van der Waals surface area contributed by atoms with Crippen molar-refractivity contribution in [2.75, 3.05) is 26.3 Å². The van der Waals surface area contributed by atoms with Crippen LogP contribution < -0.4 is 5.56 Å². The summed E-state index contributed by atoms with van der Waals surface area (Å²) < 4.78 is 6.58. The molecule has 0 atom stereocenters. The van der Waals surface area contributed by atoms with Gasteiger partial charge in [0, 0.05) is 31.4 Å². The molecule has 2 aromatic heterocycles. The molecule has 1 aliphatic heterocycles. The second-order valence-corrected chi connectivity index (χ2v) is 5.47. The maximum absolute atomic E-state index is 12.1. The number of aryl methyl sites for hydroxylation is 1. The normalized spacial score (nSPS) is 16.5. The predicted octanol–water partition coefficient (Wildman–Crippen LogP) is 1.19. The van der Waals surface area contributed by atoms with Gasteiger partial charge in [-0.3, -0.25) is 14.1 Å². The Kier molecular flexibility index (Phi) is 3.84. The van der Waals surface area contributed by atoms with Crippen LogP contribution in [-0.2, 0) is 11.3 Å². The molecular formula is C14H16ClN3O3. The van der Waals surface area contributed by atoms with E-state index in [1.54, 1.807) is 19.2 Å². The monoisotopic (exact) mass is 309 g/mol. The summed E-state index contributed by atoms with van der Waals surface area (Å²) in [6, 6.07) is 1.73. The van der Waals surface area contributed by atoms with Crippen molar-refractivity contribution in [3.05, 3.63) is 38.9 Å². The van der Waals surface area contributed by atoms with Crippen molar-refractivity contribution in [3.8, 4) is 5.75 Å². The van der Waals surface area contributed by atoms with Crippen LogP contribution in [0.1, 0.15) is 11.3 Å². The molecule has 1 fully saturated rings. The fourth-order valence-corrected chi connectivity index (χ4v) is 2.57. The van der Waals surface area contributed by atoms with Gasteiger partial charge in [-0.1, -0.05) is 11.6 Å². The molecule has 0 spiro atoms. The van der Waals surface area contributed by atoms with Crippen molar-refractivity contribution in [3.63, 3.8) is 0 Å². The van der Waals surface area contributed by atoms with E-state index in [4.69, 9.17) is 16.3 Å². The number of aromatic nitrogens is 2. The highest BCUT2D eigenvalue weighted by molar-refractivity contribution is 6.31. The second-order valence-electron chi connectivity index (χ2n) is 5.09. The summed E-state index contributed by atoms with van der Waals surface area (Å²) in [6.07, 6.45) is 1.60. The van der Waals surface area contributed by atoms with Gasteiger partial charge in [0.25, 0.3) is 5.56 Å². The van der Waals surface area contributed by atoms with E-state index in [2.05, 4.69) is 9.88 Å². The number of rotatable bonds is 2. The standard InChI is InChI=1S/C14H16ClN3O3/c1-9-11(15)14(20)18-3-2-10(12(19)13(18)16-9)8-17-4-6-21-7-5-17/h2-3,19H,4-8H2,1H3. The van der Waals surface area contributed by atoms with Crippen LogP contribution in [0.15, 0.2) is 17.1 Å². The van der Waals surface area contributed by atoms with E-state index >= 15 is 0 Å². The molecule has 112 valence electrons. The first-order valence-corrected chi connectivity index (χ1v) is 7.15. The zero-order valence-corrected chi connectivity index (χ0v) is 12.4. The minimum atomic E-state index is -0.368. The van der Waals surface area contributed by atoms with E-state index in [0.717, 1.165) is 18.7 Å². The Labute approximate surface area is 126 Å². The van der Waals surface area contributed by atoms with Gasteiger partial charge in [0.1, 0.15) is 5.02 Å². The average Bonchev–Trinajstić information content (AvgIpc) is 2.49. The molecule has 1 N–H and O–H groups in total. The largest absolute Gasteiger partial charge is 0.504 e. The zero-order chi connectivity index (χ0) is 15.0. The summed E-state index contributed by atoms with van der Waals surface area (Å²) in [4.78, 5) is 18.5. The highest BCUT2D eigenvalue weighted by Crippen LogP contribution is 2.24. The van der Waals surface area contributed by atoms with Gasteiger partial charge in [0.2, 0.25) is 0 Å². The zero-order valence-electron chi connectivity index (χ0n) is 11.7. The molecule has 0 saturated carbocycles. The van der Waals surface area contributed by atoms with Gasteiger partial charge < -0.3 is 9.84 Å². The summed E-state index contributed by atoms with van der Waals surface area (Å²) in [5.41, 5.74) is 1.03. The van der Waals surface area contributed by atoms with E-state index < -0.39 is 0 Å². The molecule has 1 saturated heterocycles. The molecule has 0 unspecified atom stereocenters. The summed E-state index contributed by atoms with van der Waals surface area (Å²) in [6.45, 7) is 5.29. The van der Waals surface area contributed by atoms with Crippen molar-refractivity contribution >= 4 is 17.2 Å². The molecule has 0 radical (unpaired) electrons. The van der Waals surface area contributed by atoms with Crippen LogP contribution in [0.2, 0.25) is 5.02 Å². The number of morpholine rings is 1. The molecule has 2 aromatic rings. The van der Waals surface area contributed by atoms with E-state index in [-0.39, 0.29) is 22.0 Å². The van der Waals surface area contributed by atoms with Gasteiger partial charge in [-0.05, 0) is 13.0 Å². The van der Waals surface area contributed by atoms with Gasteiger partial charge >= 0.3 is 0 Å². The number of hydrogen-bond acceptors (Lipinski definition) is 5. The Morgan fingerprint density at radius 3 is 2.86 bits per heavy atom. The van der Waals surface area contributed by atoms with Gasteiger partial charge in [0.05, 0.1) is 18.9 Å². The molecule has 0 amide bonds. The molecule has 6 nitrogen and oxygen atoms in total. The Bertz CT molecular complexity index is 738. The summed E-state index contributed by atoms with van der Waals surface area (Å²) >= 11 is 5.90. The minimum Gasteiger partial charge on any atom is -0.504 e. The highest BCUT2D eigenvalue weighted by atomic mass is 35.5. The van der Waals surface area contributed by atoms with Crippen LogP contribution in [-0.4, -0.2) is 45.7 Å². The van der Waals surface area contributed by atoms with Crippen molar-refractivity contribution in [2.45, 2.75) is 13.5 Å². The number of halogens is 1. The fourth-order valence-electron chi connectivity index (χ4n) is 2.44. The SMILES string of the molecule is Cc1nc2c(O)c(CN3CCOCC3)ccn2c(=O)c1Cl. The average molecular weight is 310 g/mol. The molecule has 21 heavy (non-hydrogen) atoms. The Balaban J connectivity index is 2.03. The first-order chi connectivity index (χ1) is 10.1. The lowest BCUT2D eigenvalue weighted by Gasteiger charge is -2.26. The quantitative estimate of drug-likeness (QED) is 0.903.